The molecule has 1 aromatic rings. The number of nitrogens with one attached hydrogen (secondary N) is 1. The van der Waals surface area contributed by atoms with Gasteiger partial charge >= 0.3 is 5.97 Å². The van der Waals surface area contributed by atoms with E-state index in [2.05, 4.69) is 5.32 Å². The molecule has 19 heavy (non-hydrogen) atoms. The SMILES string of the molecule is CCCC(C)(NC(=O)c1cccc(N)c1)C(=O)OC. The van der Waals surface area contributed by atoms with E-state index in [-0.39, 0.29) is 5.91 Å². The van der Waals surface area contributed by atoms with Crippen LogP contribution in [0.2, 0.25) is 0 Å². The largest absolute Gasteiger partial charge is 0.467 e. The molecule has 0 aromatic heterocycles. The molecular formula is C14H20N2O3. The monoisotopic (exact) mass is 264 g/mol. The zero-order valence-corrected chi connectivity index (χ0v) is 11.5. The molecule has 0 heterocycles. The van der Waals surface area contributed by atoms with Crippen molar-refractivity contribution < 1.29 is 14.3 Å². The number of rotatable bonds is 5. The minimum absolute atomic E-state index is 0.339. The van der Waals surface area contributed by atoms with Gasteiger partial charge in [0.2, 0.25) is 0 Å². The first-order chi connectivity index (χ1) is 8.92. The van der Waals surface area contributed by atoms with Crippen LogP contribution in [0.1, 0.15) is 37.0 Å². The maximum Gasteiger partial charge on any atom is 0.331 e. The molecule has 1 amide bonds. The Balaban J connectivity index is 2.91. The van der Waals surface area contributed by atoms with Crippen molar-refractivity contribution in [1.29, 1.82) is 0 Å². The number of nitrogens with two attached hydrogens (primary N) is 1. The molecule has 5 heteroatoms. The number of esters is 1. The van der Waals surface area contributed by atoms with Crippen molar-refractivity contribution in [2.45, 2.75) is 32.2 Å². The number of benzene rings is 1. The van der Waals surface area contributed by atoms with Gasteiger partial charge in [0.25, 0.3) is 5.91 Å². The number of ether oxygens (including phenoxy) is 1. The van der Waals surface area contributed by atoms with Crippen LogP contribution in [0.25, 0.3) is 0 Å². The Morgan fingerprint density at radius 3 is 2.63 bits per heavy atom. The number of carbonyl (C=O) groups excluding carboxylic acids is 2. The van der Waals surface area contributed by atoms with Gasteiger partial charge in [-0.3, -0.25) is 4.79 Å². The summed E-state index contributed by atoms with van der Waals surface area (Å²) in [6, 6.07) is 6.61. The van der Waals surface area contributed by atoms with E-state index >= 15 is 0 Å². The molecule has 104 valence electrons. The van der Waals surface area contributed by atoms with E-state index in [9.17, 15) is 9.59 Å². The van der Waals surface area contributed by atoms with Gasteiger partial charge in [0.1, 0.15) is 5.54 Å². The van der Waals surface area contributed by atoms with Gasteiger partial charge in [-0.2, -0.15) is 0 Å². The highest BCUT2D eigenvalue weighted by Crippen LogP contribution is 2.16. The maximum atomic E-state index is 12.1. The molecule has 5 nitrogen and oxygen atoms in total. The fourth-order valence-corrected chi connectivity index (χ4v) is 1.94. The highest BCUT2D eigenvalue weighted by atomic mass is 16.5. The zero-order valence-electron chi connectivity index (χ0n) is 11.5. The second kappa shape index (κ2) is 6.22. The summed E-state index contributed by atoms with van der Waals surface area (Å²) in [5, 5.41) is 2.72. The first-order valence-corrected chi connectivity index (χ1v) is 6.19. The summed E-state index contributed by atoms with van der Waals surface area (Å²) in [5.74, 6) is -0.791. The lowest BCUT2D eigenvalue weighted by atomic mass is 9.95. The number of amides is 1. The Hall–Kier alpha value is -2.04. The van der Waals surface area contributed by atoms with Gasteiger partial charge in [0, 0.05) is 11.3 Å². The summed E-state index contributed by atoms with van der Waals surface area (Å²) in [4.78, 5) is 23.9. The molecule has 0 saturated heterocycles. The van der Waals surface area contributed by atoms with Gasteiger partial charge < -0.3 is 15.8 Å². The molecule has 1 unspecified atom stereocenters. The molecule has 1 aromatic carbocycles. The van der Waals surface area contributed by atoms with Crippen LogP contribution in [-0.2, 0) is 9.53 Å². The lowest BCUT2D eigenvalue weighted by Gasteiger charge is -2.27. The predicted octanol–water partition coefficient (Wildman–Crippen LogP) is 1.73. The molecule has 1 rings (SSSR count). The molecule has 0 radical (unpaired) electrons. The number of anilines is 1. The smallest absolute Gasteiger partial charge is 0.331 e. The fraction of sp³-hybridized carbons (Fsp3) is 0.429. The average Bonchev–Trinajstić information content (AvgIpc) is 2.37. The number of carbonyl (C=O) groups is 2. The fourth-order valence-electron chi connectivity index (χ4n) is 1.94. The van der Waals surface area contributed by atoms with Gasteiger partial charge in [-0.25, -0.2) is 4.79 Å². The topological polar surface area (TPSA) is 81.4 Å². The highest BCUT2D eigenvalue weighted by Gasteiger charge is 2.35. The van der Waals surface area contributed by atoms with Crippen LogP contribution < -0.4 is 11.1 Å². The van der Waals surface area contributed by atoms with Gasteiger partial charge in [-0.1, -0.05) is 19.4 Å². The van der Waals surface area contributed by atoms with Crippen molar-refractivity contribution in [2.75, 3.05) is 12.8 Å². The van der Waals surface area contributed by atoms with E-state index in [1.165, 1.54) is 7.11 Å². The molecular weight excluding hydrogens is 244 g/mol. The number of nitrogen functional groups attached to an aromatic ring is 1. The molecule has 0 aliphatic heterocycles. The van der Waals surface area contributed by atoms with Crippen molar-refractivity contribution in [3.05, 3.63) is 29.8 Å². The van der Waals surface area contributed by atoms with Crippen molar-refractivity contribution in [2.24, 2.45) is 0 Å². The summed E-state index contributed by atoms with van der Waals surface area (Å²) < 4.78 is 4.75. The Bertz CT molecular complexity index is 474. The van der Waals surface area contributed by atoms with Crippen LogP contribution in [0.5, 0.6) is 0 Å². The Morgan fingerprint density at radius 2 is 2.11 bits per heavy atom. The second-order valence-electron chi connectivity index (χ2n) is 4.65. The van der Waals surface area contributed by atoms with E-state index in [1.54, 1.807) is 31.2 Å². The highest BCUT2D eigenvalue weighted by molar-refractivity contribution is 5.98. The molecule has 1 atom stereocenters. The van der Waals surface area contributed by atoms with Gasteiger partial charge in [0.15, 0.2) is 0 Å². The van der Waals surface area contributed by atoms with E-state index in [0.29, 0.717) is 17.7 Å². The van der Waals surface area contributed by atoms with E-state index in [4.69, 9.17) is 10.5 Å². The van der Waals surface area contributed by atoms with Crippen LogP contribution in [0, 0.1) is 0 Å². The standard InChI is InChI=1S/C14H20N2O3/c1-4-8-14(2,13(18)19-3)16-12(17)10-6-5-7-11(15)9-10/h5-7,9H,4,8,15H2,1-3H3,(H,16,17). The third kappa shape index (κ3) is 3.71. The van der Waals surface area contributed by atoms with E-state index in [0.717, 1.165) is 6.42 Å². The lowest BCUT2D eigenvalue weighted by Crippen LogP contribution is -2.52. The van der Waals surface area contributed by atoms with Crippen LogP contribution in [0.3, 0.4) is 0 Å². The third-order valence-electron chi connectivity index (χ3n) is 2.92. The Morgan fingerprint density at radius 1 is 1.42 bits per heavy atom. The van der Waals surface area contributed by atoms with E-state index < -0.39 is 11.5 Å². The lowest BCUT2D eigenvalue weighted by molar-refractivity contribution is -0.147. The zero-order chi connectivity index (χ0) is 14.5. The molecule has 0 aliphatic rings. The number of hydrogen-bond acceptors (Lipinski definition) is 4. The normalized spacial score (nSPS) is 13.4. The molecule has 0 saturated carbocycles. The summed E-state index contributed by atoms with van der Waals surface area (Å²) in [7, 11) is 1.31. The Labute approximate surface area is 113 Å². The van der Waals surface area contributed by atoms with Gasteiger partial charge in [-0.15, -0.1) is 0 Å². The van der Waals surface area contributed by atoms with Crippen LogP contribution in [0.4, 0.5) is 5.69 Å². The Kier molecular flexibility index (Phi) is 4.92. The minimum Gasteiger partial charge on any atom is -0.467 e. The van der Waals surface area contributed by atoms with Crippen LogP contribution in [0.15, 0.2) is 24.3 Å². The molecule has 3 N–H and O–H groups in total. The second-order valence-corrected chi connectivity index (χ2v) is 4.65. The minimum atomic E-state index is -1.02. The predicted molar refractivity (Wildman–Crippen MR) is 73.6 cm³/mol. The quantitative estimate of drug-likeness (QED) is 0.627. The van der Waals surface area contributed by atoms with Crippen molar-refractivity contribution in [3.8, 4) is 0 Å². The molecule has 0 bridgehead atoms. The number of methoxy groups -OCH3 is 1. The summed E-state index contributed by atoms with van der Waals surface area (Å²) in [5.41, 5.74) is 5.54. The molecule has 0 aliphatic carbocycles. The summed E-state index contributed by atoms with van der Waals surface area (Å²) in [6.07, 6.45) is 1.26. The van der Waals surface area contributed by atoms with Gasteiger partial charge in [0.05, 0.1) is 7.11 Å². The van der Waals surface area contributed by atoms with Crippen LogP contribution >= 0.6 is 0 Å². The maximum absolute atomic E-state index is 12.1. The average molecular weight is 264 g/mol. The molecule has 0 spiro atoms. The molecule has 0 fully saturated rings. The summed E-state index contributed by atoms with van der Waals surface area (Å²) in [6.45, 7) is 3.60. The number of hydrogen-bond donors (Lipinski definition) is 2. The van der Waals surface area contributed by atoms with Crippen LogP contribution in [-0.4, -0.2) is 24.5 Å². The van der Waals surface area contributed by atoms with Crippen molar-refractivity contribution in [1.82, 2.24) is 5.32 Å². The third-order valence-corrected chi connectivity index (χ3v) is 2.92. The summed E-state index contributed by atoms with van der Waals surface area (Å²) >= 11 is 0. The first-order valence-electron chi connectivity index (χ1n) is 6.19. The van der Waals surface area contributed by atoms with Crippen molar-refractivity contribution >= 4 is 17.6 Å². The van der Waals surface area contributed by atoms with Gasteiger partial charge in [-0.05, 0) is 31.5 Å². The van der Waals surface area contributed by atoms with Crippen molar-refractivity contribution in [3.63, 3.8) is 0 Å². The first kappa shape index (κ1) is 15.0. The van der Waals surface area contributed by atoms with E-state index in [1.807, 2.05) is 6.92 Å².